The summed E-state index contributed by atoms with van der Waals surface area (Å²) in [6.07, 6.45) is 6.81. The highest BCUT2D eigenvalue weighted by molar-refractivity contribution is 5.98. The number of benzene rings is 1. The fourth-order valence-corrected chi connectivity index (χ4v) is 3.73. The molecule has 3 amide bonds. The fraction of sp³-hybridized carbons (Fsp3) is 0.333. The van der Waals surface area contributed by atoms with Gasteiger partial charge in [0.05, 0.1) is 24.8 Å². The molecule has 1 aliphatic rings. The third-order valence-electron chi connectivity index (χ3n) is 5.57. The molecule has 3 heterocycles. The molecule has 1 aromatic carbocycles. The molecule has 0 aliphatic carbocycles. The van der Waals surface area contributed by atoms with Gasteiger partial charge in [0.1, 0.15) is 29.8 Å². The maximum absolute atomic E-state index is 12.8. The van der Waals surface area contributed by atoms with E-state index in [1.165, 1.54) is 7.11 Å². The van der Waals surface area contributed by atoms with Gasteiger partial charge in [0.25, 0.3) is 11.8 Å². The zero-order valence-corrected chi connectivity index (χ0v) is 18.9. The number of amides is 3. The number of fused-ring (bicyclic) bond motifs is 2. The summed E-state index contributed by atoms with van der Waals surface area (Å²) in [6, 6.07) is 7.70. The lowest BCUT2D eigenvalue weighted by Crippen LogP contribution is -2.47. The molecule has 2 aromatic heterocycles. The number of pyridine rings is 1. The first kappa shape index (κ1) is 23.1. The van der Waals surface area contributed by atoms with Crippen LogP contribution >= 0.6 is 0 Å². The smallest absolute Gasteiger partial charge is 0.255 e. The largest absolute Gasteiger partial charge is 0.497 e. The maximum atomic E-state index is 12.8. The SMILES string of the molecule is COc1ccc2c(c1)OCCNC(=O)[C@@H](NC(=O)c1ccc3nccn3c1)CCCCNC2=O. The summed E-state index contributed by atoms with van der Waals surface area (Å²) in [5.41, 5.74) is 1.57. The van der Waals surface area contributed by atoms with Crippen LogP contribution in [0.1, 0.15) is 40.0 Å². The Balaban J connectivity index is 1.44. The summed E-state index contributed by atoms with van der Waals surface area (Å²) in [6.45, 7) is 0.797. The van der Waals surface area contributed by atoms with E-state index < -0.39 is 6.04 Å². The van der Waals surface area contributed by atoms with Gasteiger partial charge in [-0.15, -0.1) is 0 Å². The van der Waals surface area contributed by atoms with Crippen LogP contribution in [0, 0.1) is 0 Å². The maximum Gasteiger partial charge on any atom is 0.255 e. The van der Waals surface area contributed by atoms with Gasteiger partial charge in [-0.05, 0) is 43.5 Å². The van der Waals surface area contributed by atoms with Gasteiger partial charge in [0.2, 0.25) is 5.91 Å². The molecular formula is C24H27N5O5. The van der Waals surface area contributed by atoms with Gasteiger partial charge in [0.15, 0.2) is 0 Å². The minimum Gasteiger partial charge on any atom is -0.497 e. The lowest BCUT2D eigenvalue weighted by molar-refractivity contribution is -0.123. The van der Waals surface area contributed by atoms with Gasteiger partial charge in [-0.3, -0.25) is 14.4 Å². The summed E-state index contributed by atoms with van der Waals surface area (Å²) in [5.74, 6) is 0.0739. The number of carbonyl (C=O) groups excluding carboxylic acids is 3. The van der Waals surface area contributed by atoms with E-state index >= 15 is 0 Å². The van der Waals surface area contributed by atoms with Crippen molar-refractivity contribution < 1.29 is 23.9 Å². The van der Waals surface area contributed by atoms with Crippen LogP contribution in [0.15, 0.2) is 48.9 Å². The number of hydrogen-bond donors (Lipinski definition) is 3. The van der Waals surface area contributed by atoms with Crippen molar-refractivity contribution in [3.63, 3.8) is 0 Å². The molecule has 0 saturated carbocycles. The van der Waals surface area contributed by atoms with Crippen molar-refractivity contribution in [1.29, 1.82) is 0 Å². The molecule has 0 bridgehead atoms. The van der Waals surface area contributed by atoms with Gasteiger partial charge < -0.3 is 29.8 Å². The van der Waals surface area contributed by atoms with Crippen LogP contribution in [0.2, 0.25) is 0 Å². The summed E-state index contributed by atoms with van der Waals surface area (Å²) >= 11 is 0. The van der Waals surface area contributed by atoms with Crippen LogP contribution in [0.3, 0.4) is 0 Å². The zero-order chi connectivity index (χ0) is 23.9. The molecule has 0 spiro atoms. The Kier molecular flexibility index (Phi) is 7.26. The average molecular weight is 466 g/mol. The number of ether oxygens (including phenoxy) is 2. The van der Waals surface area contributed by atoms with E-state index in [9.17, 15) is 14.4 Å². The predicted octanol–water partition coefficient (Wildman–Crippen LogP) is 1.55. The molecule has 10 heteroatoms. The van der Waals surface area contributed by atoms with Crippen LogP contribution in [-0.2, 0) is 4.79 Å². The fourth-order valence-electron chi connectivity index (χ4n) is 3.73. The third kappa shape index (κ3) is 5.45. The van der Waals surface area contributed by atoms with Gasteiger partial charge >= 0.3 is 0 Å². The van der Waals surface area contributed by atoms with Crippen molar-refractivity contribution in [2.75, 3.05) is 26.8 Å². The number of hydrogen-bond acceptors (Lipinski definition) is 6. The molecule has 0 radical (unpaired) electrons. The summed E-state index contributed by atoms with van der Waals surface area (Å²) in [5, 5.41) is 8.53. The standard InChI is InChI=1S/C24H27N5O5/c1-33-17-6-7-18-20(14-17)34-13-11-27-24(32)19(4-2-3-9-26-23(18)31)28-22(30)16-5-8-21-25-10-12-29(21)15-16/h5-8,10,12,14-15,19H,2-4,9,11,13H2,1H3,(H,26,31)(H,27,32)(H,28,30)/t19-/m0/s1. The van der Waals surface area contributed by atoms with Crippen LogP contribution in [0.5, 0.6) is 11.5 Å². The molecule has 1 aliphatic heterocycles. The van der Waals surface area contributed by atoms with E-state index in [-0.39, 0.29) is 30.9 Å². The highest BCUT2D eigenvalue weighted by atomic mass is 16.5. The highest BCUT2D eigenvalue weighted by Crippen LogP contribution is 2.25. The van der Waals surface area contributed by atoms with Crippen LogP contribution in [0.4, 0.5) is 0 Å². The van der Waals surface area contributed by atoms with Crippen LogP contribution in [-0.4, -0.2) is 60.0 Å². The van der Waals surface area contributed by atoms with E-state index in [0.29, 0.717) is 48.4 Å². The second-order valence-electron chi connectivity index (χ2n) is 7.89. The van der Waals surface area contributed by atoms with Crippen molar-refractivity contribution in [2.24, 2.45) is 0 Å². The minimum atomic E-state index is -0.711. The highest BCUT2D eigenvalue weighted by Gasteiger charge is 2.22. The molecule has 3 N–H and O–H groups in total. The predicted molar refractivity (Wildman–Crippen MR) is 124 cm³/mol. The Morgan fingerprint density at radius 3 is 2.91 bits per heavy atom. The van der Waals surface area contributed by atoms with Crippen LogP contribution in [0.25, 0.3) is 5.65 Å². The number of carbonyl (C=O) groups is 3. The van der Waals surface area contributed by atoms with E-state index in [2.05, 4.69) is 20.9 Å². The number of aromatic nitrogens is 2. The Morgan fingerprint density at radius 1 is 1.18 bits per heavy atom. The summed E-state index contributed by atoms with van der Waals surface area (Å²) in [4.78, 5) is 42.4. The van der Waals surface area contributed by atoms with Gasteiger partial charge in [-0.25, -0.2) is 4.98 Å². The lowest BCUT2D eigenvalue weighted by Gasteiger charge is -2.20. The van der Waals surface area contributed by atoms with E-state index in [0.717, 1.165) is 5.65 Å². The van der Waals surface area contributed by atoms with E-state index in [4.69, 9.17) is 9.47 Å². The average Bonchev–Trinajstić information content (AvgIpc) is 3.32. The van der Waals surface area contributed by atoms with Crippen molar-refractivity contribution in [1.82, 2.24) is 25.3 Å². The molecule has 10 nitrogen and oxygen atoms in total. The first-order valence-electron chi connectivity index (χ1n) is 11.2. The second kappa shape index (κ2) is 10.7. The number of methoxy groups -OCH3 is 1. The van der Waals surface area contributed by atoms with Crippen molar-refractivity contribution in [3.8, 4) is 11.5 Å². The zero-order valence-electron chi connectivity index (χ0n) is 18.9. The molecule has 4 rings (SSSR count). The Labute approximate surface area is 196 Å². The first-order chi connectivity index (χ1) is 16.5. The minimum absolute atomic E-state index is 0.150. The van der Waals surface area contributed by atoms with Crippen molar-refractivity contribution in [3.05, 3.63) is 60.0 Å². The van der Waals surface area contributed by atoms with E-state index in [1.807, 2.05) is 0 Å². The van der Waals surface area contributed by atoms with Gasteiger partial charge in [-0.1, -0.05) is 0 Å². The normalized spacial score (nSPS) is 17.5. The number of nitrogens with zero attached hydrogens (tertiary/aromatic N) is 2. The molecule has 0 fully saturated rings. The summed E-state index contributed by atoms with van der Waals surface area (Å²) in [7, 11) is 1.53. The van der Waals surface area contributed by atoms with Crippen LogP contribution < -0.4 is 25.4 Å². The first-order valence-corrected chi connectivity index (χ1v) is 11.2. The van der Waals surface area contributed by atoms with Crippen molar-refractivity contribution in [2.45, 2.75) is 25.3 Å². The van der Waals surface area contributed by atoms with Crippen molar-refractivity contribution >= 4 is 23.4 Å². The van der Waals surface area contributed by atoms with Gasteiger partial charge in [-0.2, -0.15) is 0 Å². The monoisotopic (exact) mass is 465 g/mol. The number of rotatable bonds is 3. The molecule has 1 atom stereocenters. The Hall–Kier alpha value is -4.08. The molecule has 3 aromatic rings. The Morgan fingerprint density at radius 2 is 2.06 bits per heavy atom. The number of imidazole rings is 1. The van der Waals surface area contributed by atoms with Gasteiger partial charge in [0, 0.05) is 31.2 Å². The molecule has 0 saturated heterocycles. The quantitative estimate of drug-likeness (QED) is 0.539. The summed E-state index contributed by atoms with van der Waals surface area (Å²) < 4.78 is 12.7. The third-order valence-corrected chi connectivity index (χ3v) is 5.57. The lowest BCUT2D eigenvalue weighted by atomic mass is 10.1. The molecule has 178 valence electrons. The second-order valence-corrected chi connectivity index (χ2v) is 7.89. The molecule has 34 heavy (non-hydrogen) atoms. The number of nitrogens with one attached hydrogen (secondary N) is 3. The molecular weight excluding hydrogens is 438 g/mol. The topological polar surface area (TPSA) is 123 Å². The van der Waals surface area contributed by atoms with E-state index in [1.54, 1.807) is 53.3 Å². The Bertz CT molecular complexity index is 1190. The molecule has 0 unspecified atom stereocenters.